The van der Waals surface area contributed by atoms with Crippen molar-refractivity contribution in [3.05, 3.63) is 35.9 Å². The maximum Gasteiger partial charge on any atom is 0.357 e. The van der Waals surface area contributed by atoms with E-state index in [1.165, 1.54) is 5.06 Å². The molecule has 1 N–H and O–H groups in total. The maximum atomic E-state index is 13.3. The molecule has 0 spiro atoms. The van der Waals surface area contributed by atoms with Gasteiger partial charge in [-0.25, -0.2) is 9.18 Å². The highest BCUT2D eigenvalue weighted by Gasteiger charge is 2.34. The molecular formula is C12H14FNO3. The number of aliphatic hydroxyl groups excluding tert-OH is 1. The van der Waals surface area contributed by atoms with E-state index in [2.05, 4.69) is 0 Å². The lowest BCUT2D eigenvalue weighted by Gasteiger charge is -2.14. The largest absolute Gasteiger partial charge is 0.396 e. The summed E-state index contributed by atoms with van der Waals surface area (Å²) < 4.78 is 13.3. The Balaban J connectivity index is 1.93. The van der Waals surface area contributed by atoms with Gasteiger partial charge < -0.3 is 9.94 Å². The van der Waals surface area contributed by atoms with Gasteiger partial charge in [-0.15, -0.1) is 5.06 Å². The van der Waals surface area contributed by atoms with Crippen LogP contribution in [0.4, 0.5) is 4.39 Å². The Hall–Kier alpha value is -1.46. The smallest absolute Gasteiger partial charge is 0.357 e. The number of rotatable bonds is 3. The number of halogens is 1. The fourth-order valence-electron chi connectivity index (χ4n) is 1.78. The van der Waals surface area contributed by atoms with E-state index in [0.717, 1.165) is 0 Å². The second kappa shape index (κ2) is 5.25. The number of hydrogen-bond donors (Lipinski definition) is 1. The molecular weight excluding hydrogens is 225 g/mol. The first-order chi connectivity index (χ1) is 8.20. The number of benzene rings is 1. The van der Waals surface area contributed by atoms with Crippen LogP contribution >= 0.6 is 0 Å². The van der Waals surface area contributed by atoms with Crippen molar-refractivity contribution in [2.45, 2.75) is 6.17 Å². The lowest BCUT2D eigenvalue weighted by Crippen LogP contribution is -2.25. The number of alkyl halides is 1. The fourth-order valence-corrected chi connectivity index (χ4v) is 1.78. The zero-order valence-electron chi connectivity index (χ0n) is 9.25. The van der Waals surface area contributed by atoms with Crippen LogP contribution in [0.1, 0.15) is 10.4 Å². The van der Waals surface area contributed by atoms with Crippen LogP contribution in [0.2, 0.25) is 0 Å². The first-order valence-electron chi connectivity index (χ1n) is 5.48. The van der Waals surface area contributed by atoms with E-state index in [0.29, 0.717) is 5.56 Å². The number of carbonyl (C=O) groups excluding carboxylic acids is 1. The van der Waals surface area contributed by atoms with Crippen LogP contribution in [0.5, 0.6) is 0 Å². The molecule has 92 valence electrons. The minimum absolute atomic E-state index is 0.0177. The number of aliphatic hydroxyl groups is 1. The van der Waals surface area contributed by atoms with Crippen LogP contribution in [0.25, 0.3) is 0 Å². The quantitative estimate of drug-likeness (QED) is 0.855. The molecule has 1 aliphatic rings. The molecule has 1 fully saturated rings. The van der Waals surface area contributed by atoms with E-state index in [1.807, 2.05) is 0 Å². The van der Waals surface area contributed by atoms with Crippen molar-refractivity contribution >= 4 is 5.97 Å². The molecule has 0 aromatic heterocycles. The van der Waals surface area contributed by atoms with Crippen LogP contribution in [0.15, 0.2) is 30.3 Å². The summed E-state index contributed by atoms with van der Waals surface area (Å²) in [6.07, 6.45) is -1.15. The SMILES string of the molecule is O=C(ON1C[C@@H](CO)[C@@H](F)C1)c1ccccc1. The van der Waals surface area contributed by atoms with Gasteiger partial charge in [0.1, 0.15) is 6.17 Å². The predicted octanol–water partition coefficient (Wildman–Crippen LogP) is 1.02. The second-order valence-corrected chi connectivity index (χ2v) is 4.05. The fraction of sp³-hybridized carbons (Fsp3) is 0.417. The molecule has 4 nitrogen and oxygen atoms in total. The first-order valence-corrected chi connectivity index (χ1v) is 5.48. The van der Waals surface area contributed by atoms with Gasteiger partial charge in [0, 0.05) is 12.5 Å². The molecule has 1 heterocycles. The molecule has 2 rings (SSSR count). The van der Waals surface area contributed by atoms with Gasteiger partial charge in [-0.3, -0.25) is 0 Å². The maximum absolute atomic E-state index is 13.3. The molecule has 0 unspecified atom stereocenters. The molecule has 1 aromatic carbocycles. The normalized spacial score (nSPS) is 24.8. The third kappa shape index (κ3) is 2.81. The molecule has 1 aromatic rings. The molecule has 0 radical (unpaired) electrons. The zero-order chi connectivity index (χ0) is 12.3. The summed E-state index contributed by atoms with van der Waals surface area (Å²) in [4.78, 5) is 16.7. The molecule has 0 saturated carbocycles. The molecule has 0 aliphatic carbocycles. The Morgan fingerprint density at radius 1 is 1.41 bits per heavy atom. The third-order valence-electron chi connectivity index (χ3n) is 2.78. The average Bonchev–Trinajstić information content (AvgIpc) is 2.70. The Morgan fingerprint density at radius 3 is 2.71 bits per heavy atom. The molecule has 1 saturated heterocycles. The van der Waals surface area contributed by atoms with Gasteiger partial charge >= 0.3 is 5.97 Å². The van der Waals surface area contributed by atoms with Crippen molar-refractivity contribution in [2.75, 3.05) is 19.7 Å². The summed E-state index contributed by atoms with van der Waals surface area (Å²) in [5, 5.41) is 10.2. The molecule has 1 aliphatic heterocycles. The molecule has 0 bridgehead atoms. The van der Waals surface area contributed by atoms with Gasteiger partial charge in [-0.2, -0.15) is 0 Å². The zero-order valence-corrected chi connectivity index (χ0v) is 9.25. The number of hydroxylamine groups is 2. The van der Waals surface area contributed by atoms with Crippen molar-refractivity contribution in [3.63, 3.8) is 0 Å². The highest BCUT2D eigenvalue weighted by atomic mass is 19.1. The van der Waals surface area contributed by atoms with Gasteiger partial charge in [0.05, 0.1) is 18.7 Å². The summed E-state index contributed by atoms with van der Waals surface area (Å²) in [5.74, 6) is -0.977. The average molecular weight is 239 g/mol. The van der Waals surface area contributed by atoms with E-state index < -0.39 is 18.1 Å². The van der Waals surface area contributed by atoms with Crippen LogP contribution in [0, 0.1) is 5.92 Å². The number of carbonyl (C=O) groups is 1. The Labute approximate surface area is 98.6 Å². The van der Waals surface area contributed by atoms with Crippen LogP contribution in [0.3, 0.4) is 0 Å². The predicted molar refractivity (Wildman–Crippen MR) is 58.9 cm³/mol. The van der Waals surface area contributed by atoms with Gasteiger partial charge in [0.2, 0.25) is 0 Å². The highest BCUT2D eigenvalue weighted by Crippen LogP contribution is 2.20. The van der Waals surface area contributed by atoms with E-state index in [4.69, 9.17) is 9.94 Å². The monoisotopic (exact) mass is 239 g/mol. The Bertz CT molecular complexity index is 385. The van der Waals surface area contributed by atoms with Crippen molar-refractivity contribution < 1.29 is 19.1 Å². The standard InChI is InChI=1S/C12H14FNO3/c13-11-7-14(6-10(11)8-15)17-12(16)9-4-2-1-3-5-9/h1-5,10-11,15H,6-8H2/t10-,11-/m0/s1. The highest BCUT2D eigenvalue weighted by molar-refractivity contribution is 5.89. The summed E-state index contributed by atoms with van der Waals surface area (Å²) in [5.41, 5.74) is 0.426. The van der Waals surface area contributed by atoms with Gasteiger partial charge in [0.25, 0.3) is 0 Å². The van der Waals surface area contributed by atoms with Crippen molar-refractivity contribution in [1.29, 1.82) is 0 Å². The number of nitrogens with zero attached hydrogens (tertiary/aromatic N) is 1. The lowest BCUT2D eigenvalue weighted by atomic mass is 10.1. The van der Waals surface area contributed by atoms with Crippen molar-refractivity contribution in [1.82, 2.24) is 5.06 Å². The summed E-state index contributed by atoms with van der Waals surface area (Å²) in [7, 11) is 0. The summed E-state index contributed by atoms with van der Waals surface area (Å²) >= 11 is 0. The minimum atomic E-state index is -1.15. The third-order valence-corrected chi connectivity index (χ3v) is 2.78. The minimum Gasteiger partial charge on any atom is -0.396 e. The van der Waals surface area contributed by atoms with E-state index in [1.54, 1.807) is 30.3 Å². The van der Waals surface area contributed by atoms with Gasteiger partial charge in [0.15, 0.2) is 0 Å². The molecule has 5 heteroatoms. The molecule has 2 atom stereocenters. The van der Waals surface area contributed by atoms with Crippen LogP contribution in [-0.4, -0.2) is 42.0 Å². The Morgan fingerprint density at radius 2 is 2.12 bits per heavy atom. The van der Waals surface area contributed by atoms with Gasteiger partial charge in [-0.05, 0) is 12.1 Å². The van der Waals surface area contributed by atoms with E-state index in [9.17, 15) is 9.18 Å². The summed E-state index contributed by atoms with van der Waals surface area (Å²) in [6, 6.07) is 8.53. The van der Waals surface area contributed by atoms with Crippen LogP contribution < -0.4 is 0 Å². The Kier molecular flexibility index (Phi) is 3.71. The van der Waals surface area contributed by atoms with Crippen molar-refractivity contribution in [2.24, 2.45) is 5.92 Å². The number of hydrogen-bond acceptors (Lipinski definition) is 4. The second-order valence-electron chi connectivity index (χ2n) is 4.05. The lowest BCUT2D eigenvalue weighted by molar-refractivity contribution is -0.0979. The van der Waals surface area contributed by atoms with E-state index in [-0.39, 0.29) is 19.7 Å². The summed E-state index contributed by atoms with van der Waals surface area (Å²) in [6.45, 7) is 0.0145. The van der Waals surface area contributed by atoms with Crippen LogP contribution in [-0.2, 0) is 4.84 Å². The molecule has 17 heavy (non-hydrogen) atoms. The van der Waals surface area contributed by atoms with Crippen molar-refractivity contribution in [3.8, 4) is 0 Å². The molecule has 0 amide bonds. The van der Waals surface area contributed by atoms with Gasteiger partial charge in [-0.1, -0.05) is 18.2 Å². The van der Waals surface area contributed by atoms with E-state index >= 15 is 0 Å². The topological polar surface area (TPSA) is 49.8 Å². The first kappa shape index (κ1) is 12.0.